The molecular formula is C23H20O. The summed E-state index contributed by atoms with van der Waals surface area (Å²) in [6.45, 7) is 3.86. The Morgan fingerprint density at radius 1 is 0.583 bits per heavy atom. The molecule has 0 atom stereocenters. The lowest BCUT2D eigenvalue weighted by Crippen LogP contribution is -1.82. The van der Waals surface area contributed by atoms with E-state index in [-0.39, 0.29) is 5.78 Å². The zero-order chi connectivity index (χ0) is 17.5. The highest BCUT2D eigenvalue weighted by molar-refractivity contribution is 5.99. The third kappa shape index (κ3) is 10.4. The number of allylic oxidation sites excluding steroid dienone is 16. The normalized spacial score (nSPS) is 27.8. The summed E-state index contributed by atoms with van der Waals surface area (Å²) < 4.78 is 0. The Morgan fingerprint density at radius 3 is 1.42 bits per heavy atom. The lowest BCUT2D eigenvalue weighted by Gasteiger charge is -1.82. The van der Waals surface area contributed by atoms with Crippen LogP contribution in [0.2, 0.25) is 0 Å². The fraction of sp³-hybridized carbons (Fsp3) is 0.0870. The van der Waals surface area contributed by atoms with Crippen molar-refractivity contribution in [1.29, 1.82) is 0 Å². The van der Waals surface area contributed by atoms with Gasteiger partial charge in [-0.05, 0) is 49.0 Å². The van der Waals surface area contributed by atoms with Crippen LogP contribution >= 0.6 is 0 Å². The molecule has 118 valence electrons. The topological polar surface area (TPSA) is 17.1 Å². The molecule has 0 bridgehead atoms. The van der Waals surface area contributed by atoms with E-state index in [0.29, 0.717) is 0 Å². The molecule has 0 N–H and O–H groups in total. The van der Waals surface area contributed by atoms with Crippen LogP contribution in [0.4, 0.5) is 0 Å². The zero-order valence-corrected chi connectivity index (χ0v) is 14.0. The molecule has 1 nitrogen and oxygen atoms in total. The number of carbonyl (C=O) groups excluding carboxylic acids is 1. The maximum atomic E-state index is 11.6. The van der Waals surface area contributed by atoms with Gasteiger partial charge in [-0.2, -0.15) is 0 Å². The van der Waals surface area contributed by atoms with E-state index in [1.54, 1.807) is 24.3 Å². The molecule has 0 amide bonds. The number of ketones is 1. The maximum Gasteiger partial charge on any atom is 0.178 e. The fourth-order valence-corrected chi connectivity index (χ4v) is 1.48. The highest BCUT2D eigenvalue weighted by Gasteiger charge is 1.83. The standard InChI is InChI=1S/C23H20O/c1-21-15-9-5-3-7-11-19-23(24)20-12-8-4-6-10-16-22(2)18-14-13-17-21/h3-12,15-16,19-20H,1-2H3/b7-3+,8-4+,9-5+,10-6+,19-11+,20-12+,21-15-,22-16-. The lowest BCUT2D eigenvalue weighted by atomic mass is 10.2. The zero-order valence-electron chi connectivity index (χ0n) is 14.0. The van der Waals surface area contributed by atoms with Gasteiger partial charge in [-0.1, -0.05) is 84.8 Å². The van der Waals surface area contributed by atoms with Gasteiger partial charge in [-0.25, -0.2) is 0 Å². The first-order valence-corrected chi connectivity index (χ1v) is 7.61. The van der Waals surface area contributed by atoms with E-state index in [4.69, 9.17) is 0 Å². The first-order valence-electron chi connectivity index (χ1n) is 7.61. The Hall–Kier alpha value is -3.29. The Kier molecular flexibility index (Phi) is 9.59. The van der Waals surface area contributed by atoms with Gasteiger partial charge in [-0.15, -0.1) is 0 Å². The van der Waals surface area contributed by atoms with E-state index >= 15 is 0 Å². The summed E-state index contributed by atoms with van der Waals surface area (Å²) in [5.74, 6) is 11.6. The molecule has 0 aromatic rings. The summed E-state index contributed by atoms with van der Waals surface area (Å²) in [6.07, 6.45) is 25.1. The van der Waals surface area contributed by atoms with Crippen LogP contribution in [-0.4, -0.2) is 5.78 Å². The minimum atomic E-state index is -0.0554. The summed E-state index contributed by atoms with van der Waals surface area (Å²) in [5.41, 5.74) is 1.87. The van der Waals surface area contributed by atoms with Crippen molar-refractivity contribution >= 4 is 5.78 Å². The summed E-state index contributed by atoms with van der Waals surface area (Å²) >= 11 is 0. The van der Waals surface area contributed by atoms with Gasteiger partial charge < -0.3 is 0 Å². The third-order valence-corrected chi connectivity index (χ3v) is 2.68. The summed E-state index contributed by atoms with van der Waals surface area (Å²) in [7, 11) is 0. The van der Waals surface area contributed by atoms with Crippen molar-refractivity contribution in [3.8, 4) is 23.7 Å². The van der Waals surface area contributed by atoms with E-state index in [2.05, 4.69) is 23.7 Å². The van der Waals surface area contributed by atoms with Crippen LogP contribution in [0.1, 0.15) is 13.8 Å². The minimum absolute atomic E-state index is 0.0554. The van der Waals surface area contributed by atoms with Crippen molar-refractivity contribution in [3.63, 3.8) is 0 Å². The third-order valence-electron chi connectivity index (χ3n) is 2.68. The highest BCUT2D eigenvalue weighted by Crippen LogP contribution is 1.93. The molecule has 0 saturated heterocycles. The predicted molar refractivity (Wildman–Crippen MR) is 103 cm³/mol. The predicted octanol–water partition coefficient (Wildman–Crippen LogP) is 4.81. The summed E-state index contributed by atoms with van der Waals surface area (Å²) in [6, 6.07) is 0. The molecule has 0 saturated carbocycles. The molecule has 1 aliphatic carbocycles. The molecule has 0 fully saturated rings. The molecule has 0 aromatic heterocycles. The summed E-state index contributed by atoms with van der Waals surface area (Å²) in [4.78, 5) is 11.6. The van der Waals surface area contributed by atoms with Crippen LogP contribution in [0, 0.1) is 23.7 Å². The van der Waals surface area contributed by atoms with Gasteiger partial charge in [0.15, 0.2) is 5.78 Å². The molecule has 0 radical (unpaired) electrons. The molecule has 0 aromatic carbocycles. The van der Waals surface area contributed by atoms with Crippen molar-refractivity contribution in [3.05, 3.63) is 96.2 Å². The van der Waals surface area contributed by atoms with E-state index < -0.39 is 0 Å². The summed E-state index contributed by atoms with van der Waals surface area (Å²) in [5, 5.41) is 0. The fourth-order valence-electron chi connectivity index (χ4n) is 1.48. The van der Waals surface area contributed by atoms with Crippen LogP contribution in [0.5, 0.6) is 0 Å². The van der Waals surface area contributed by atoms with Gasteiger partial charge in [0.05, 0.1) is 0 Å². The average molecular weight is 312 g/mol. The molecule has 1 heteroatoms. The van der Waals surface area contributed by atoms with Crippen LogP contribution in [0.3, 0.4) is 0 Å². The van der Waals surface area contributed by atoms with E-state index in [1.165, 1.54) is 12.2 Å². The minimum Gasteiger partial charge on any atom is -0.290 e. The molecule has 1 aliphatic rings. The molecule has 0 spiro atoms. The second-order valence-electron chi connectivity index (χ2n) is 4.86. The van der Waals surface area contributed by atoms with Crippen LogP contribution < -0.4 is 0 Å². The van der Waals surface area contributed by atoms with E-state index in [0.717, 1.165) is 11.1 Å². The smallest absolute Gasteiger partial charge is 0.178 e. The van der Waals surface area contributed by atoms with Gasteiger partial charge in [0, 0.05) is 0 Å². The SMILES string of the molecule is C/C1=C/C=C/C=C/C=C/C(=O)/C=C/C=C/C=C/C=C(/C)C#CC#C1. The maximum absolute atomic E-state index is 11.6. The van der Waals surface area contributed by atoms with Crippen LogP contribution in [0.15, 0.2) is 96.2 Å². The molecule has 1 rings (SSSR count). The molecule has 0 aliphatic heterocycles. The quantitative estimate of drug-likeness (QED) is 0.587. The second kappa shape index (κ2) is 12.3. The van der Waals surface area contributed by atoms with Gasteiger partial charge in [0.25, 0.3) is 0 Å². The Morgan fingerprint density at radius 2 is 0.958 bits per heavy atom. The largest absolute Gasteiger partial charge is 0.290 e. The number of hydrogen-bond acceptors (Lipinski definition) is 1. The van der Waals surface area contributed by atoms with Gasteiger partial charge in [0.2, 0.25) is 0 Å². The van der Waals surface area contributed by atoms with Crippen LogP contribution in [-0.2, 0) is 4.79 Å². The Labute approximate surface area is 144 Å². The lowest BCUT2D eigenvalue weighted by molar-refractivity contribution is -0.110. The molecule has 24 heavy (non-hydrogen) atoms. The first kappa shape index (κ1) is 18.8. The Bertz CT molecular complexity index is 728. The molecule has 0 heterocycles. The monoisotopic (exact) mass is 312 g/mol. The van der Waals surface area contributed by atoms with Crippen molar-refractivity contribution in [2.24, 2.45) is 0 Å². The van der Waals surface area contributed by atoms with Gasteiger partial charge in [0.1, 0.15) is 0 Å². The van der Waals surface area contributed by atoms with Crippen molar-refractivity contribution in [1.82, 2.24) is 0 Å². The number of hydrogen-bond donors (Lipinski definition) is 0. The van der Waals surface area contributed by atoms with Crippen molar-refractivity contribution in [2.75, 3.05) is 0 Å². The van der Waals surface area contributed by atoms with E-state index in [1.807, 2.05) is 62.5 Å². The number of rotatable bonds is 0. The average Bonchev–Trinajstić information content (AvgIpc) is 2.56. The molecule has 0 unspecified atom stereocenters. The van der Waals surface area contributed by atoms with Gasteiger partial charge in [-0.3, -0.25) is 4.79 Å². The van der Waals surface area contributed by atoms with E-state index in [9.17, 15) is 4.79 Å². The van der Waals surface area contributed by atoms with Crippen molar-refractivity contribution < 1.29 is 4.79 Å². The first-order chi connectivity index (χ1) is 11.7. The van der Waals surface area contributed by atoms with Crippen molar-refractivity contribution in [2.45, 2.75) is 13.8 Å². The molecular weight excluding hydrogens is 292 g/mol. The second-order valence-corrected chi connectivity index (χ2v) is 4.86. The highest BCUT2D eigenvalue weighted by atomic mass is 16.1. The Balaban J connectivity index is 2.97. The number of carbonyl (C=O) groups is 1. The van der Waals surface area contributed by atoms with Crippen LogP contribution in [0.25, 0.3) is 0 Å². The van der Waals surface area contributed by atoms with Gasteiger partial charge >= 0.3 is 0 Å².